The maximum absolute atomic E-state index is 11.7. The third-order valence-corrected chi connectivity index (χ3v) is 2.50. The highest BCUT2D eigenvalue weighted by atomic mass is 16.3. The van der Waals surface area contributed by atoms with Crippen molar-refractivity contribution in [3.8, 4) is 0 Å². The van der Waals surface area contributed by atoms with E-state index in [9.17, 15) is 9.59 Å². The fourth-order valence-electron chi connectivity index (χ4n) is 1.53. The van der Waals surface area contributed by atoms with Crippen LogP contribution in [0.15, 0.2) is 30.3 Å². The summed E-state index contributed by atoms with van der Waals surface area (Å²) in [7, 11) is 0. The van der Waals surface area contributed by atoms with Gasteiger partial charge in [-0.1, -0.05) is 30.3 Å². The highest BCUT2D eigenvalue weighted by Crippen LogP contribution is 2.06. The van der Waals surface area contributed by atoms with Crippen molar-refractivity contribution in [2.45, 2.75) is 32.3 Å². The summed E-state index contributed by atoms with van der Waals surface area (Å²) in [6.45, 7) is 1.87. The summed E-state index contributed by atoms with van der Waals surface area (Å²) in [6.07, 6.45) is 0.663. The number of aliphatic hydroxyl groups excluding tert-OH is 1. The monoisotopic (exact) mass is 249 g/mol. The average molecular weight is 249 g/mol. The van der Waals surface area contributed by atoms with E-state index in [1.54, 1.807) is 19.1 Å². The quantitative estimate of drug-likeness (QED) is 0.720. The second-order valence-electron chi connectivity index (χ2n) is 4.30. The minimum Gasteiger partial charge on any atom is -0.392 e. The highest BCUT2D eigenvalue weighted by Gasteiger charge is 2.07. The van der Waals surface area contributed by atoms with E-state index in [2.05, 4.69) is 5.32 Å². The largest absolute Gasteiger partial charge is 0.392 e. The number of carbonyl (C=O) groups excluding carboxylic acids is 2. The molecule has 0 saturated heterocycles. The number of hydrogen-bond donors (Lipinski definition) is 2. The van der Waals surface area contributed by atoms with Crippen molar-refractivity contribution in [2.75, 3.05) is 6.54 Å². The summed E-state index contributed by atoms with van der Waals surface area (Å²) < 4.78 is 0. The van der Waals surface area contributed by atoms with Gasteiger partial charge < -0.3 is 10.4 Å². The Morgan fingerprint density at radius 2 is 1.89 bits per heavy atom. The van der Waals surface area contributed by atoms with Gasteiger partial charge in [-0.25, -0.2) is 0 Å². The SMILES string of the molecule is CC(O)CNC(=O)CCCC(=O)c1ccccc1. The Morgan fingerprint density at radius 3 is 2.50 bits per heavy atom. The lowest BCUT2D eigenvalue weighted by Crippen LogP contribution is -2.30. The molecule has 98 valence electrons. The summed E-state index contributed by atoms with van der Waals surface area (Å²) in [4.78, 5) is 23.1. The van der Waals surface area contributed by atoms with Gasteiger partial charge in [-0.15, -0.1) is 0 Å². The van der Waals surface area contributed by atoms with E-state index in [1.807, 2.05) is 18.2 Å². The maximum Gasteiger partial charge on any atom is 0.220 e. The molecule has 0 aliphatic rings. The lowest BCUT2D eigenvalue weighted by Gasteiger charge is -2.06. The van der Waals surface area contributed by atoms with Crippen LogP contribution in [0.1, 0.15) is 36.5 Å². The van der Waals surface area contributed by atoms with Crippen LogP contribution in [0, 0.1) is 0 Å². The minimum atomic E-state index is -0.542. The minimum absolute atomic E-state index is 0.0546. The van der Waals surface area contributed by atoms with E-state index in [-0.39, 0.29) is 18.2 Å². The summed E-state index contributed by atoms with van der Waals surface area (Å²) >= 11 is 0. The van der Waals surface area contributed by atoms with E-state index in [0.29, 0.717) is 24.8 Å². The van der Waals surface area contributed by atoms with Gasteiger partial charge in [0.25, 0.3) is 0 Å². The van der Waals surface area contributed by atoms with Gasteiger partial charge in [-0.2, -0.15) is 0 Å². The first-order chi connectivity index (χ1) is 8.59. The molecule has 1 unspecified atom stereocenters. The summed E-state index contributed by atoms with van der Waals surface area (Å²) in [5.41, 5.74) is 0.682. The number of amides is 1. The van der Waals surface area contributed by atoms with Crippen LogP contribution in [0.2, 0.25) is 0 Å². The number of nitrogens with one attached hydrogen (secondary N) is 1. The number of benzene rings is 1. The van der Waals surface area contributed by atoms with Crippen LogP contribution in [0.25, 0.3) is 0 Å². The van der Waals surface area contributed by atoms with Gasteiger partial charge in [-0.05, 0) is 13.3 Å². The molecule has 1 atom stereocenters. The first-order valence-corrected chi connectivity index (χ1v) is 6.12. The van der Waals surface area contributed by atoms with Crippen LogP contribution < -0.4 is 5.32 Å². The van der Waals surface area contributed by atoms with Gasteiger partial charge in [0.05, 0.1) is 6.10 Å². The predicted octanol–water partition coefficient (Wildman–Crippen LogP) is 1.54. The molecule has 4 nitrogen and oxygen atoms in total. The smallest absolute Gasteiger partial charge is 0.220 e. The van der Waals surface area contributed by atoms with Gasteiger partial charge in [0.15, 0.2) is 5.78 Å². The molecule has 0 spiro atoms. The molecule has 4 heteroatoms. The van der Waals surface area contributed by atoms with Crippen molar-refractivity contribution < 1.29 is 14.7 Å². The fraction of sp³-hybridized carbons (Fsp3) is 0.429. The molecular weight excluding hydrogens is 230 g/mol. The van der Waals surface area contributed by atoms with Crippen LogP contribution in [-0.4, -0.2) is 29.4 Å². The third kappa shape index (κ3) is 5.59. The first kappa shape index (κ1) is 14.4. The van der Waals surface area contributed by atoms with Crippen molar-refractivity contribution in [1.82, 2.24) is 5.32 Å². The normalized spacial score (nSPS) is 11.9. The zero-order valence-electron chi connectivity index (χ0n) is 10.6. The topological polar surface area (TPSA) is 66.4 Å². The van der Waals surface area contributed by atoms with Gasteiger partial charge in [0, 0.05) is 24.9 Å². The van der Waals surface area contributed by atoms with Crippen LogP contribution in [0.3, 0.4) is 0 Å². The Bertz CT molecular complexity index is 387. The molecule has 0 bridgehead atoms. The molecule has 1 amide bonds. The highest BCUT2D eigenvalue weighted by molar-refractivity contribution is 5.96. The number of carbonyl (C=O) groups is 2. The molecular formula is C14H19NO3. The van der Waals surface area contributed by atoms with E-state index in [0.717, 1.165) is 0 Å². The van der Waals surface area contributed by atoms with Gasteiger partial charge in [0.1, 0.15) is 0 Å². The number of rotatable bonds is 7. The summed E-state index contributed by atoms with van der Waals surface area (Å²) in [5.74, 6) is -0.0734. The lowest BCUT2D eigenvalue weighted by molar-refractivity contribution is -0.121. The Balaban J connectivity index is 2.22. The predicted molar refractivity (Wildman–Crippen MR) is 69.3 cm³/mol. The molecule has 18 heavy (non-hydrogen) atoms. The van der Waals surface area contributed by atoms with Crippen molar-refractivity contribution in [1.29, 1.82) is 0 Å². The van der Waals surface area contributed by atoms with Crippen LogP contribution >= 0.6 is 0 Å². The number of Topliss-reactive ketones (excluding diaryl/α,β-unsaturated/α-hetero) is 1. The Kier molecular flexibility index (Phi) is 6.08. The molecule has 0 saturated carbocycles. The van der Waals surface area contributed by atoms with Crippen LogP contribution in [0.4, 0.5) is 0 Å². The molecule has 0 aliphatic carbocycles. The molecule has 0 aromatic heterocycles. The van der Waals surface area contributed by atoms with Crippen molar-refractivity contribution in [3.05, 3.63) is 35.9 Å². The van der Waals surface area contributed by atoms with Gasteiger partial charge >= 0.3 is 0 Å². The molecule has 1 aromatic carbocycles. The summed E-state index contributed by atoms with van der Waals surface area (Å²) in [5, 5.41) is 11.6. The van der Waals surface area contributed by atoms with Crippen LogP contribution in [0.5, 0.6) is 0 Å². The Hall–Kier alpha value is -1.68. The molecule has 0 aliphatic heterocycles. The maximum atomic E-state index is 11.7. The molecule has 0 fully saturated rings. The number of aliphatic hydroxyl groups is 1. The zero-order chi connectivity index (χ0) is 13.4. The average Bonchev–Trinajstić information content (AvgIpc) is 2.37. The van der Waals surface area contributed by atoms with E-state index >= 15 is 0 Å². The van der Waals surface area contributed by atoms with E-state index in [4.69, 9.17) is 5.11 Å². The van der Waals surface area contributed by atoms with Gasteiger partial charge in [0.2, 0.25) is 5.91 Å². The standard InChI is InChI=1S/C14H19NO3/c1-11(16)10-15-14(18)9-5-8-13(17)12-6-3-2-4-7-12/h2-4,6-7,11,16H,5,8-10H2,1H3,(H,15,18). The van der Waals surface area contributed by atoms with E-state index < -0.39 is 6.10 Å². The number of ketones is 1. The van der Waals surface area contributed by atoms with Gasteiger partial charge in [-0.3, -0.25) is 9.59 Å². The van der Waals surface area contributed by atoms with E-state index in [1.165, 1.54) is 0 Å². The van der Waals surface area contributed by atoms with Crippen molar-refractivity contribution in [2.24, 2.45) is 0 Å². The Labute approximate surface area is 107 Å². The summed E-state index contributed by atoms with van der Waals surface area (Å²) in [6, 6.07) is 9.05. The number of hydrogen-bond acceptors (Lipinski definition) is 3. The fourth-order valence-corrected chi connectivity index (χ4v) is 1.53. The molecule has 0 radical (unpaired) electrons. The third-order valence-electron chi connectivity index (χ3n) is 2.50. The zero-order valence-corrected chi connectivity index (χ0v) is 10.6. The Morgan fingerprint density at radius 1 is 1.22 bits per heavy atom. The van der Waals surface area contributed by atoms with Crippen molar-refractivity contribution in [3.63, 3.8) is 0 Å². The van der Waals surface area contributed by atoms with Crippen molar-refractivity contribution >= 4 is 11.7 Å². The molecule has 1 aromatic rings. The second-order valence-corrected chi connectivity index (χ2v) is 4.30. The molecule has 0 heterocycles. The van der Waals surface area contributed by atoms with Crippen LogP contribution in [-0.2, 0) is 4.79 Å². The first-order valence-electron chi connectivity index (χ1n) is 6.12. The second kappa shape index (κ2) is 7.61. The lowest BCUT2D eigenvalue weighted by atomic mass is 10.1. The molecule has 2 N–H and O–H groups in total. The molecule has 1 rings (SSSR count).